The molecule has 3 nitrogen and oxygen atoms in total. The van der Waals surface area contributed by atoms with Gasteiger partial charge in [0.15, 0.2) is 0 Å². The summed E-state index contributed by atoms with van der Waals surface area (Å²) in [5.41, 5.74) is 2.70. The van der Waals surface area contributed by atoms with Crippen molar-refractivity contribution in [1.82, 2.24) is 0 Å². The Hall–Kier alpha value is -1.51. The van der Waals surface area contributed by atoms with Crippen LogP contribution in [0.1, 0.15) is 173 Å². The zero-order valence-electron chi connectivity index (χ0n) is 25.3. The van der Waals surface area contributed by atoms with Gasteiger partial charge in [-0.1, -0.05) is 156 Å². The summed E-state index contributed by atoms with van der Waals surface area (Å²) in [5.74, 6) is -0.484. The summed E-state index contributed by atoms with van der Waals surface area (Å²) in [7, 11) is 0. The molecule has 0 saturated heterocycles. The van der Waals surface area contributed by atoms with Gasteiger partial charge in [-0.2, -0.15) is 0 Å². The fourth-order valence-electron chi connectivity index (χ4n) is 5.38. The van der Waals surface area contributed by atoms with Crippen molar-refractivity contribution in [3.05, 3.63) is 28.8 Å². The number of benzene rings is 1. The SMILES string of the molecule is CCCCCCCCCCCCCCCCCCC(Cc1cc(C(C)C)c(O)c(C(C)(C)C)c1)C(=O)O. The molecule has 3 heteroatoms. The Morgan fingerprint density at radius 3 is 1.57 bits per heavy atom. The van der Waals surface area contributed by atoms with Crippen molar-refractivity contribution in [2.24, 2.45) is 5.92 Å². The van der Waals surface area contributed by atoms with Gasteiger partial charge in [-0.25, -0.2) is 0 Å². The number of phenols is 1. The first kappa shape index (κ1) is 33.5. The quantitative estimate of drug-likeness (QED) is 0.160. The molecule has 2 N–H and O–H groups in total. The van der Waals surface area contributed by atoms with Crippen LogP contribution in [0.4, 0.5) is 0 Å². The summed E-state index contributed by atoms with van der Waals surface area (Å²) in [4.78, 5) is 12.0. The normalized spacial score (nSPS) is 12.8. The molecule has 1 rings (SSSR count). The number of carboxylic acids is 1. The Bertz CT molecular complexity index is 744. The number of aromatic hydroxyl groups is 1. The third-order valence-electron chi connectivity index (χ3n) is 7.87. The minimum Gasteiger partial charge on any atom is -0.507 e. The van der Waals surface area contributed by atoms with Gasteiger partial charge in [0.2, 0.25) is 0 Å². The number of carboxylic acid groups (broad SMARTS) is 1. The van der Waals surface area contributed by atoms with E-state index in [0.717, 1.165) is 36.0 Å². The predicted octanol–water partition coefficient (Wildman–Crippen LogP) is 10.7. The molecule has 1 unspecified atom stereocenters. The standard InChI is InChI=1S/C34H60O3/c1-7-8-9-10-11-12-13-14-15-16-17-18-19-20-21-22-23-29(33(36)37)24-28-25-30(27(2)3)32(35)31(26-28)34(4,5)6/h25-27,29,35H,7-24H2,1-6H3,(H,36,37). The van der Waals surface area contributed by atoms with Crippen LogP contribution in [-0.2, 0) is 16.6 Å². The van der Waals surface area contributed by atoms with E-state index in [0.29, 0.717) is 12.2 Å². The lowest BCUT2D eigenvalue weighted by atomic mass is 9.81. The van der Waals surface area contributed by atoms with Gasteiger partial charge in [-0.05, 0) is 40.9 Å². The molecule has 0 heterocycles. The molecule has 0 radical (unpaired) electrons. The van der Waals surface area contributed by atoms with Crippen molar-refractivity contribution in [3.8, 4) is 5.75 Å². The molecule has 0 spiro atoms. The maximum Gasteiger partial charge on any atom is 0.306 e. The van der Waals surface area contributed by atoms with Gasteiger partial charge in [0.25, 0.3) is 0 Å². The molecule has 1 atom stereocenters. The minimum absolute atomic E-state index is 0.184. The molecular weight excluding hydrogens is 456 g/mol. The number of hydrogen-bond acceptors (Lipinski definition) is 2. The van der Waals surface area contributed by atoms with Gasteiger partial charge in [0.1, 0.15) is 5.75 Å². The minimum atomic E-state index is -0.697. The molecule has 0 saturated carbocycles. The van der Waals surface area contributed by atoms with Crippen molar-refractivity contribution in [1.29, 1.82) is 0 Å². The number of hydrogen-bond donors (Lipinski definition) is 2. The lowest BCUT2D eigenvalue weighted by Gasteiger charge is -2.25. The molecular formula is C34H60O3. The first-order chi connectivity index (χ1) is 17.6. The molecule has 1 aromatic carbocycles. The van der Waals surface area contributed by atoms with Crippen molar-refractivity contribution >= 4 is 5.97 Å². The Morgan fingerprint density at radius 2 is 1.19 bits per heavy atom. The Morgan fingerprint density at radius 1 is 0.757 bits per heavy atom. The highest BCUT2D eigenvalue weighted by molar-refractivity contribution is 5.70. The summed E-state index contributed by atoms with van der Waals surface area (Å²) in [6, 6.07) is 4.06. The summed E-state index contributed by atoms with van der Waals surface area (Å²) in [5, 5.41) is 20.7. The molecule has 0 aliphatic heterocycles. The van der Waals surface area contributed by atoms with Crippen LogP contribution in [0, 0.1) is 5.92 Å². The van der Waals surface area contributed by atoms with Gasteiger partial charge in [0, 0.05) is 0 Å². The van der Waals surface area contributed by atoms with Crippen molar-refractivity contribution in [2.75, 3.05) is 0 Å². The fraction of sp³-hybridized carbons (Fsp3) is 0.794. The van der Waals surface area contributed by atoms with E-state index in [2.05, 4.69) is 41.5 Å². The maximum atomic E-state index is 12.0. The number of aliphatic carboxylic acids is 1. The van der Waals surface area contributed by atoms with Gasteiger partial charge in [0.05, 0.1) is 5.92 Å². The van der Waals surface area contributed by atoms with E-state index < -0.39 is 5.97 Å². The van der Waals surface area contributed by atoms with Crippen LogP contribution in [0.3, 0.4) is 0 Å². The van der Waals surface area contributed by atoms with Crippen LogP contribution in [0.15, 0.2) is 12.1 Å². The molecule has 0 aliphatic carbocycles. The topological polar surface area (TPSA) is 57.5 Å². The van der Waals surface area contributed by atoms with Crippen LogP contribution in [0.5, 0.6) is 5.75 Å². The molecule has 0 bridgehead atoms. The van der Waals surface area contributed by atoms with E-state index in [9.17, 15) is 15.0 Å². The first-order valence-electron chi connectivity index (χ1n) is 15.7. The lowest BCUT2D eigenvalue weighted by Crippen LogP contribution is -2.18. The van der Waals surface area contributed by atoms with Crippen molar-refractivity contribution in [2.45, 2.75) is 168 Å². The third-order valence-corrected chi connectivity index (χ3v) is 7.87. The Balaban J connectivity index is 2.29. The molecule has 214 valence electrons. The van der Waals surface area contributed by atoms with E-state index in [-0.39, 0.29) is 17.3 Å². The zero-order chi connectivity index (χ0) is 27.7. The monoisotopic (exact) mass is 516 g/mol. The van der Waals surface area contributed by atoms with E-state index in [1.807, 2.05) is 12.1 Å². The first-order valence-corrected chi connectivity index (χ1v) is 15.7. The van der Waals surface area contributed by atoms with Gasteiger partial charge in [-0.15, -0.1) is 0 Å². The van der Waals surface area contributed by atoms with E-state index in [4.69, 9.17) is 0 Å². The molecule has 0 fully saturated rings. The number of carbonyl (C=O) groups is 1. The highest BCUT2D eigenvalue weighted by Crippen LogP contribution is 2.38. The third kappa shape index (κ3) is 14.3. The fourth-order valence-corrected chi connectivity index (χ4v) is 5.38. The largest absolute Gasteiger partial charge is 0.507 e. The smallest absolute Gasteiger partial charge is 0.306 e. The number of rotatable bonds is 21. The molecule has 0 aromatic heterocycles. The zero-order valence-corrected chi connectivity index (χ0v) is 25.3. The van der Waals surface area contributed by atoms with E-state index in [1.165, 1.54) is 89.9 Å². The van der Waals surface area contributed by atoms with Gasteiger partial charge < -0.3 is 10.2 Å². The molecule has 1 aromatic rings. The Kier molecular flexibility index (Phi) is 16.9. The van der Waals surface area contributed by atoms with Crippen LogP contribution >= 0.6 is 0 Å². The summed E-state index contributed by atoms with van der Waals surface area (Å²) in [6.45, 7) is 12.7. The van der Waals surface area contributed by atoms with Crippen LogP contribution < -0.4 is 0 Å². The summed E-state index contributed by atoms with van der Waals surface area (Å²) < 4.78 is 0. The Labute approximate surface area is 229 Å². The maximum absolute atomic E-state index is 12.0. The number of unbranched alkanes of at least 4 members (excludes halogenated alkanes) is 15. The van der Waals surface area contributed by atoms with Crippen molar-refractivity contribution in [3.63, 3.8) is 0 Å². The average Bonchev–Trinajstić information content (AvgIpc) is 2.82. The second-order valence-electron chi connectivity index (χ2n) is 12.8. The lowest BCUT2D eigenvalue weighted by molar-refractivity contribution is -0.142. The number of phenolic OH excluding ortho intramolecular Hbond substituents is 1. The van der Waals surface area contributed by atoms with E-state index in [1.54, 1.807) is 0 Å². The van der Waals surface area contributed by atoms with Crippen LogP contribution in [-0.4, -0.2) is 16.2 Å². The molecule has 0 aliphatic rings. The second kappa shape index (κ2) is 18.7. The second-order valence-corrected chi connectivity index (χ2v) is 12.8. The molecule has 37 heavy (non-hydrogen) atoms. The van der Waals surface area contributed by atoms with Crippen LogP contribution in [0.25, 0.3) is 0 Å². The summed E-state index contributed by atoms with van der Waals surface area (Å²) in [6.07, 6.45) is 22.6. The highest BCUT2D eigenvalue weighted by atomic mass is 16.4. The van der Waals surface area contributed by atoms with Crippen molar-refractivity contribution < 1.29 is 15.0 Å². The van der Waals surface area contributed by atoms with E-state index >= 15 is 0 Å². The van der Waals surface area contributed by atoms with Gasteiger partial charge >= 0.3 is 5.97 Å². The van der Waals surface area contributed by atoms with Crippen LogP contribution in [0.2, 0.25) is 0 Å². The predicted molar refractivity (Wildman–Crippen MR) is 160 cm³/mol. The highest BCUT2D eigenvalue weighted by Gasteiger charge is 2.24. The van der Waals surface area contributed by atoms with Gasteiger partial charge in [-0.3, -0.25) is 4.79 Å². The average molecular weight is 517 g/mol. The molecule has 0 amide bonds. The summed E-state index contributed by atoms with van der Waals surface area (Å²) >= 11 is 0.